The van der Waals surface area contributed by atoms with E-state index in [1.807, 2.05) is 54.3 Å². The highest BCUT2D eigenvalue weighted by Gasteiger charge is 2.23. The Morgan fingerprint density at radius 2 is 1.86 bits per heavy atom. The van der Waals surface area contributed by atoms with E-state index >= 15 is 0 Å². The van der Waals surface area contributed by atoms with Crippen LogP contribution in [0.1, 0.15) is 24.2 Å². The lowest BCUT2D eigenvalue weighted by atomic mass is 10.1. The van der Waals surface area contributed by atoms with Crippen LogP contribution in [0, 0.1) is 6.92 Å². The van der Waals surface area contributed by atoms with Crippen molar-refractivity contribution in [3.8, 4) is 0 Å². The molecule has 146 valence electrons. The average molecular weight is 386 g/mol. The molecule has 29 heavy (non-hydrogen) atoms. The number of nitrogens with zero attached hydrogens (tertiary/aromatic N) is 5. The summed E-state index contributed by atoms with van der Waals surface area (Å²) in [4.78, 5) is 14.6. The number of carbonyl (C=O) groups excluding carboxylic acids is 1. The van der Waals surface area contributed by atoms with Crippen LogP contribution < -0.4 is 10.2 Å². The van der Waals surface area contributed by atoms with Gasteiger partial charge >= 0.3 is 0 Å². The van der Waals surface area contributed by atoms with Crippen LogP contribution in [-0.2, 0) is 11.2 Å². The van der Waals surface area contributed by atoms with Crippen LogP contribution >= 0.6 is 0 Å². The Bertz CT molecular complexity index is 1210. The zero-order chi connectivity index (χ0) is 19.8. The second-order valence-corrected chi connectivity index (χ2v) is 7.33. The van der Waals surface area contributed by atoms with E-state index in [2.05, 4.69) is 26.7 Å². The van der Waals surface area contributed by atoms with Crippen LogP contribution in [-0.4, -0.2) is 38.8 Å². The van der Waals surface area contributed by atoms with Crippen molar-refractivity contribution in [3.05, 3.63) is 59.9 Å². The first-order valence-corrected chi connectivity index (χ1v) is 9.95. The molecule has 1 aliphatic rings. The zero-order valence-electron chi connectivity index (χ0n) is 16.3. The summed E-state index contributed by atoms with van der Waals surface area (Å²) in [7, 11) is 0. The van der Waals surface area contributed by atoms with Crippen LogP contribution in [0.4, 0.5) is 11.5 Å². The smallest absolute Gasteiger partial charge is 0.227 e. The Morgan fingerprint density at radius 3 is 2.76 bits per heavy atom. The molecule has 0 fully saturated rings. The van der Waals surface area contributed by atoms with E-state index in [4.69, 9.17) is 0 Å². The third kappa shape index (κ3) is 3.08. The molecule has 4 aromatic rings. The van der Waals surface area contributed by atoms with Gasteiger partial charge in [0.15, 0.2) is 17.3 Å². The van der Waals surface area contributed by atoms with E-state index in [0.717, 1.165) is 53.1 Å². The van der Waals surface area contributed by atoms with Crippen molar-refractivity contribution in [1.82, 2.24) is 19.8 Å². The lowest BCUT2D eigenvalue weighted by molar-refractivity contribution is -0.118. The van der Waals surface area contributed by atoms with Crippen LogP contribution in [0.25, 0.3) is 16.4 Å². The highest BCUT2D eigenvalue weighted by Crippen LogP contribution is 2.28. The molecule has 0 radical (unpaired) electrons. The van der Waals surface area contributed by atoms with Gasteiger partial charge in [-0.2, -0.15) is 4.52 Å². The number of carbonyl (C=O) groups is 1. The Hall–Kier alpha value is -3.48. The molecule has 2 aromatic heterocycles. The fourth-order valence-corrected chi connectivity index (χ4v) is 3.99. The van der Waals surface area contributed by atoms with Crippen molar-refractivity contribution < 1.29 is 4.79 Å². The van der Waals surface area contributed by atoms with Crippen LogP contribution in [0.15, 0.2) is 48.5 Å². The number of anilines is 2. The summed E-state index contributed by atoms with van der Waals surface area (Å²) in [5.74, 6) is 1.71. The fraction of sp³-hybridized carbons (Fsp3) is 0.273. The molecule has 3 heterocycles. The van der Waals surface area contributed by atoms with Crippen molar-refractivity contribution >= 4 is 33.8 Å². The van der Waals surface area contributed by atoms with Gasteiger partial charge in [-0.05, 0) is 31.4 Å². The summed E-state index contributed by atoms with van der Waals surface area (Å²) in [6, 6.07) is 16.2. The van der Waals surface area contributed by atoms with Gasteiger partial charge in [-0.25, -0.2) is 0 Å². The van der Waals surface area contributed by atoms with E-state index in [1.54, 1.807) is 4.52 Å². The fourth-order valence-electron chi connectivity index (χ4n) is 3.99. The molecule has 0 unspecified atom stereocenters. The first kappa shape index (κ1) is 17.6. The van der Waals surface area contributed by atoms with Gasteiger partial charge in [-0.1, -0.05) is 42.5 Å². The number of hydrogen-bond acceptors (Lipinski definition) is 5. The number of nitrogens with one attached hydrogen (secondary N) is 1. The summed E-state index contributed by atoms with van der Waals surface area (Å²) in [6.45, 7) is 3.34. The molecule has 0 aliphatic carbocycles. The number of amides is 1. The Balaban J connectivity index is 1.28. The summed E-state index contributed by atoms with van der Waals surface area (Å²) >= 11 is 0. The molecule has 7 nitrogen and oxygen atoms in total. The summed E-state index contributed by atoms with van der Waals surface area (Å²) in [5, 5.41) is 18.5. The van der Waals surface area contributed by atoms with Gasteiger partial charge in [0.25, 0.3) is 0 Å². The maximum Gasteiger partial charge on any atom is 0.227 e. The lowest BCUT2D eigenvalue weighted by Crippen LogP contribution is -2.29. The van der Waals surface area contributed by atoms with E-state index in [9.17, 15) is 4.79 Å². The molecule has 0 spiro atoms. The molecule has 1 amide bonds. The second-order valence-electron chi connectivity index (χ2n) is 7.33. The third-order valence-electron chi connectivity index (χ3n) is 5.47. The number of fused-ring (bicyclic) bond motifs is 4. The minimum atomic E-state index is 0.180. The quantitative estimate of drug-likeness (QED) is 0.532. The van der Waals surface area contributed by atoms with E-state index in [1.165, 1.54) is 5.56 Å². The topological polar surface area (TPSA) is 75.4 Å². The molecule has 2 aromatic carbocycles. The van der Waals surface area contributed by atoms with Crippen molar-refractivity contribution in [2.24, 2.45) is 0 Å². The molecule has 0 atom stereocenters. The lowest BCUT2D eigenvalue weighted by Gasteiger charge is -2.17. The second kappa shape index (κ2) is 7.16. The number of rotatable bonds is 5. The van der Waals surface area contributed by atoms with Gasteiger partial charge in [-0.3, -0.25) is 4.79 Å². The molecule has 1 aliphatic heterocycles. The van der Waals surface area contributed by atoms with Gasteiger partial charge in [0.1, 0.15) is 0 Å². The maximum atomic E-state index is 12.7. The molecular formula is C22H22N6O. The van der Waals surface area contributed by atoms with Crippen molar-refractivity contribution in [3.63, 3.8) is 0 Å². The average Bonchev–Trinajstić information content (AvgIpc) is 3.35. The summed E-state index contributed by atoms with van der Waals surface area (Å²) < 4.78 is 1.76. The van der Waals surface area contributed by atoms with Gasteiger partial charge in [0.2, 0.25) is 5.91 Å². The largest absolute Gasteiger partial charge is 0.368 e. The molecule has 0 saturated heterocycles. The molecule has 0 saturated carbocycles. The number of para-hydroxylation sites is 1. The molecule has 0 bridgehead atoms. The number of benzene rings is 2. The monoisotopic (exact) mass is 386 g/mol. The highest BCUT2D eigenvalue weighted by molar-refractivity contribution is 6.00. The molecule has 1 N–H and O–H groups in total. The van der Waals surface area contributed by atoms with Crippen LogP contribution in [0.3, 0.4) is 0 Å². The molecule has 7 heteroatoms. The van der Waals surface area contributed by atoms with Gasteiger partial charge in [0, 0.05) is 36.0 Å². The Morgan fingerprint density at radius 1 is 1.07 bits per heavy atom. The standard InChI is InChI=1S/C22H22N6O/c1-15-24-25-22-18-9-4-3-8-17(18)21(26-28(15)22)23-13-6-11-20(29)27-14-12-16-7-2-5-10-19(16)27/h2-5,7-10H,6,11-14H2,1H3,(H,23,26). The first-order chi connectivity index (χ1) is 14.2. The number of aryl methyl sites for hydroxylation is 1. The Kier molecular flexibility index (Phi) is 4.35. The Labute approximate surface area is 168 Å². The van der Waals surface area contributed by atoms with Crippen molar-refractivity contribution in [1.29, 1.82) is 0 Å². The molecular weight excluding hydrogens is 364 g/mol. The van der Waals surface area contributed by atoms with E-state index in [-0.39, 0.29) is 5.91 Å². The minimum Gasteiger partial charge on any atom is -0.368 e. The minimum absolute atomic E-state index is 0.180. The maximum absolute atomic E-state index is 12.7. The van der Waals surface area contributed by atoms with Crippen LogP contribution in [0.2, 0.25) is 0 Å². The van der Waals surface area contributed by atoms with E-state index in [0.29, 0.717) is 13.0 Å². The predicted octanol–water partition coefficient (Wildman–Crippen LogP) is 3.37. The number of aromatic nitrogens is 4. The highest BCUT2D eigenvalue weighted by atomic mass is 16.2. The summed E-state index contributed by atoms with van der Waals surface area (Å²) in [5.41, 5.74) is 3.07. The molecule has 5 rings (SSSR count). The first-order valence-electron chi connectivity index (χ1n) is 9.95. The zero-order valence-corrected chi connectivity index (χ0v) is 16.3. The third-order valence-corrected chi connectivity index (χ3v) is 5.47. The van der Waals surface area contributed by atoms with Crippen molar-refractivity contribution in [2.75, 3.05) is 23.3 Å². The van der Waals surface area contributed by atoms with Gasteiger partial charge < -0.3 is 10.2 Å². The normalized spacial score (nSPS) is 13.2. The van der Waals surface area contributed by atoms with Crippen molar-refractivity contribution in [2.45, 2.75) is 26.2 Å². The van der Waals surface area contributed by atoms with Gasteiger partial charge in [-0.15, -0.1) is 15.3 Å². The van der Waals surface area contributed by atoms with Crippen LogP contribution in [0.5, 0.6) is 0 Å². The summed E-state index contributed by atoms with van der Waals surface area (Å²) in [6.07, 6.45) is 2.19. The number of hydrogen-bond donors (Lipinski definition) is 1. The SMILES string of the molecule is Cc1nnc2c3ccccc3c(NCCCC(=O)N3CCc4ccccc43)nn12. The predicted molar refractivity (Wildman–Crippen MR) is 113 cm³/mol. The van der Waals surface area contributed by atoms with E-state index < -0.39 is 0 Å². The van der Waals surface area contributed by atoms with Gasteiger partial charge in [0.05, 0.1) is 0 Å².